The lowest BCUT2D eigenvalue weighted by Gasteiger charge is -2.20. The quantitative estimate of drug-likeness (QED) is 0.605. The number of nitrogens with zero attached hydrogens (tertiary/aromatic N) is 1. The second-order valence-corrected chi connectivity index (χ2v) is 2.91. The first-order chi connectivity index (χ1) is 6.26. The highest BCUT2D eigenvalue weighted by atomic mass is 35.5. The van der Waals surface area contributed by atoms with Crippen LogP contribution in [0.3, 0.4) is 0 Å². The fraction of sp³-hybridized carbons (Fsp3) is 0.875. The molecular weight excluding hydrogens is 194 g/mol. The Morgan fingerprint density at radius 1 is 1.54 bits per heavy atom. The molecule has 78 valence electrons. The minimum Gasteiger partial charge on any atom is -0.395 e. The summed E-state index contributed by atoms with van der Waals surface area (Å²) in [6.45, 7) is 1.30. The maximum Gasteiger partial charge on any atom is 0.223 e. The molecule has 0 bridgehead atoms. The molecule has 13 heavy (non-hydrogen) atoms. The van der Waals surface area contributed by atoms with Crippen LogP contribution in [0.15, 0.2) is 0 Å². The van der Waals surface area contributed by atoms with Crippen molar-refractivity contribution in [2.24, 2.45) is 0 Å². The van der Waals surface area contributed by atoms with Gasteiger partial charge in [0, 0.05) is 32.5 Å². The minimum atomic E-state index is -0.0406. The van der Waals surface area contributed by atoms with Gasteiger partial charge in [-0.25, -0.2) is 0 Å². The molecule has 0 rings (SSSR count). The summed E-state index contributed by atoms with van der Waals surface area (Å²) in [6, 6.07) is 0. The Bertz CT molecular complexity index is 143. The largest absolute Gasteiger partial charge is 0.395 e. The van der Waals surface area contributed by atoms with E-state index in [0.29, 0.717) is 32.0 Å². The number of amides is 1. The standard InChI is InChI=1S/C8H16ClNO3/c1-13-7-5-10(4-6-11)8(12)2-3-9/h11H,2-7H2,1H3. The van der Waals surface area contributed by atoms with Gasteiger partial charge in [0.2, 0.25) is 5.91 Å². The fourth-order valence-electron chi connectivity index (χ4n) is 0.922. The van der Waals surface area contributed by atoms with Crippen molar-refractivity contribution >= 4 is 17.5 Å². The predicted octanol–water partition coefficient (Wildman–Crippen LogP) is 0.0826. The Labute approximate surface area is 83.4 Å². The molecule has 0 unspecified atom stereocenters. The van der Waals surface area contributed by atoms with Crippen molar-refractivity contribution in [3.63, 3.8) is 0 Å². The highest BCUT2D eigenvalue weighted by molar-refractivity contribution is 6.18. The molecule has 0 atom stereocenters. The first kappa shape index (κ1) is 12.7. The Kier molecular flexibility index (Phi) is 8.08. The Morgan fingerprint density at radius 2 is 2.23 bits per heavy atom. The summed E-state index contributed by atoms with van der Waals surface area (Å²) >= 11 is 5.43. The molecule has 0 aromatic heterocycles. The highest BCUT2D eigenvalue weighted by Crippen LogP contribution is 1.95. The van der Waals surface area contributed by atoms with E-state index >= 15 is 0 Å². The number of alkyl halides is 1. The van der Waals surface area contributed by atoms with Gasteiger partial charge in [-0.05, 0) is 0 Å². The van der Waals surface area contributed by atoms with Crippen molar-refractivity contribution in [3.8, 4) is 0 Å². The number of ether oxygens (including phenoxy) is 1. The van der Waals surface area contributed by atoms with Gasteiger partial charge in [0.05, 0.1) is 13.2 Å². The van der Waals surface area contributed by atoms with Gasteiger partial charge in [-0.1, -0.05) is 0 Å². The third-order valence-corrected chi connectivity index (χ3v) is 1.79. The van der Waals surface area contributed by atoms with Crippen LogP contribution in [0.5, 0.6) is 0 Å². The van der Waals surface area contributed by atoms with Crippen molar-refractivity contribution in [3.05, 3.63) is 0 Å². The lowest BCUT2D eigenvalue weighted by molar-refractivity contribution is -0.131. The third-order valence-electron chi connectivity index (χ3n) is 1.60. The van der Waals surface area contributed by atoms with Gasteiger partial charge in [-0.2, -0.15) is 0 Å². The topological polar surface area (TPSA) is 49.8 Å². The fourth-order valence-corrected chi connectivity index (χ4v) is 1.08. The molecule has 1 amide bonds. The Hall–Kier alpha value is -0.320. The van der Waals surface area contributed by atoms with E-state index in [1.165, 1.54) is 0 Å². The second kappa shape index (κ2) is 8.29. The van der Waals surface area contributed by atoms with Gasteiger partial charge in [-0.15, -0.1) is 11.6 Å². The molecule has 0 saturated heterocycles. The molecule has 0 heterocycles. The van der Waals surface area contributed by atoms with Crippen LogP contribution in [0.1, 0.15) is 6.42 Å². The Balaban J connectivity index is 3.83. The molecule has 1 N–H and O–H groups in total. The summed E-state index contributed by atoms with van der Waals surface area (Å²) in [5.41, 5.74) is 0. The van der Waals surface area contributed by atoms with Gasteiger partial charge in [0.15, 0.2) is 0 Å². The zero-order valence-electron chi connectivity index (χ0n) is 7.83. The van der Waals surface area contributed by atoms with Gasteiger partial charge < -0.3 is 14.7 Å². The maximum atomic E-state index is 11.3. The molecule has 0 spiro atoms. The number of carbonyl (C=O) groups is 1. The van der Waals surface area contributed by atoms with E-state index in [9.17, 15) is 4.79 Å². The molecule has 0 fully saturated rings. The molecule has 0 aromatic carbocycles. The number of rotatable bonds is 7. The van der Waals surface area contributed by atoms with E-state index in [0.717, 1.165) is 0 Å². The van der Waals surface area contributed by atoms with E-state index in [2.05, 4.69) is 0 Å². The Morgan fingerprint density at radius 3 is 2.69 bits per heavy atom. The normalized spacial score (nSPS) is 10.1. The number of aliphatic hydroxyl groups excluding tert-OH is 1. The van der Waals surface area contributed by atoms with E-state index in [4.69, 9.17) is 21.4 Å². The summed E-state index contributed by atoms with van der Waals surface area (Å²) in [6.07, 6.45) is 0.311. The van der Waals surface area contributed by atoms with Gasteiger partial charge in [0.25, 0.3) is 0 Å². The first-order valence-corrected chi connectivity index (χ1v) is 4.73. The molecule has 0 aliphatic heterocycles. The van der Waals surface area contributed by atoms with Crippen LogP contribution in [0.25, 0.3) is 0 Å². The summed E-state index contributed by atoms with van der Waals surface area (Å²) in [7, 11) is 1.57. The van der Waals surface area contributed by atoms with Gasteiger partial charge in [0.1, 0.15) is 0 Å². The zero-order chi connectivity index (χ0) is 10.1. The van der Waals surface area contributed by atoms with E-state index in [1.54, 1.807) is 12.0 Å². The maximum absolute atomic E-state index is 11.3. The van der Waals surface area contributed by atoms with Crippen LogP contribution < -0.4 is 0 Å². The van der Waals surface area contributed by atoms with Crippen LogP contribution >= 0.6 is 11.6 Å². The van der Waals surface area contributed by atoms with Crippen molar-refractivity contribution in [1.29, 1.82) is 0 Å². The van der Waals surface area contributed by atoms with Crippen molar-refractivity contribution in [1.82, 2.24) is 4.90 Å². The minimum absolute atomic E-state index is 0.0300. The van der Waals surface area contributed by atoms with Crippen molar-refractivity contribution < 1.29 is 14.6 Å². The second-order valence-electron chi connectivity index (χ2n) is 2.54. The van der Waals surface area contributed by atoms with Gasteiger partial charge >= 0.3 is 0 Å². The van der Waals surface area contributed by atoms with E-state index in [-0.39, 0.29) is 12.5 Å². The SMILES string of the molecule is COCCN(CCO)C(=O)CCCl. The number of methoxy groups -OCH3 is 1. The molecule has 0 radical (unpaired) electrons. The molecule has 5 heteroatoms. The molecular formula is C8H16ClNO3. The summed E-state index contributed by atoms with van der Waals surface area (Å²) < 4.78 is 4.84. The average Bonchev–Trinajstić information content (AvgIpc) is 2.12. The molecule has 0 aliphatic carbocycles. The number of halogens is 1. The van der Waals surface area contributed by atoms with Crippen molar-refractivity contribution in [2.45, 2.75) is 6.42 Å². The molecule has 0 aliphatic rings. The average molecular weight is 210 g/mol. The van der Waals surface area contributed by atoms with Crippen LogP contribution in [0.2, 0.25) is 0 Å². The van der Waals surface area contributed by atoms with Gasteiger partial charge in [-0.3, -0.25) is 4.79 Å². The van der Waals surface area contributed by atoms with E-state index in [1.807, 2.05) is 0 Å². The van der Waals surface area contributed by atoms with E-state index < -0.39 is 0 Å². The van der Waals surface area contributed by atoms with Crippen LogP contribution in [0, 0.1) is 0 Å². The molecule has 0 saturated carbocycles. The van der Waals surface area contributed by atoms with Crippen LogP contribution in [0.4, 0.5) is 0 Å². The lowest BCUT2D eigenvalue weighted by atomic mass is 10.4. The predicted molar refractivity (Wildman–Crippen MR) is 50.9 cm³/mol. The zero-order valence-corrected chi connectivity index (χ0v) is 8.59. The number of carbonyl (C=O) groups excluding carboxylic acids is 1. The summed E-state index contributed by atoms with van der Waals surface area (Å²) in [4.78, 5) is 12.9. The lowest BCUT2D eigenvalue weighted by Crippen LogP contribution is -2.36. The van der Waals surface area contributed by atoms with Crippen LogP contribution in [-0.2, 0) is 9.53 Å². The molecule has 0 aromatic rings. The monoisotopic (exact) mass is 209 g/mol. The number of aliphatic hydroxyl groups is 1. The van der Waals surface area contributed by atoms with Crippen LogP contribution in [-0.4, -0.2) is 55.2 Å². The highest BCUT2D eigenvalue weighted by Gasteiger charge is 2.11. The summed E-state index contributed by atoms with van der Waals surface area (Å²) in [5, 5.41) is 8.69. The molecule has 4 nitrogen and oxygen atoms in total. The first-order valence-electron chi connectivity index (χ1n) is 4.19. The summed E-state index contributed by atoms with van der Waals surface area (Å²) in [5.74, 6) is 0.273. The smallest absolute Gasteiger partial charge is 0.223 e. The number of hydrogen-bond donors (Lipinski definition) is 1. The van der Waals surface area contributed by atoms with Crippen molar-refractivity contribution in [2.75, 3.05) is 39.3 Å². The number of hydrogen-bond acceptors (Lipinski definition) is 3. The third kappa shape index (κ3) is 5.85.